The zero-order valence-corrected chi connectivity index (χ0v) is 17.8. The molecule has 1 aromatic heterocycles. The number of cyclic esters (lactones) is 1. The smallest absolute Gasteiger partial charge is 0.317 e. The van der Waals surface area contributed by atoms with Gasteiger partial charge in [0, 0.05) is 18.4 Å². The first-order chi connectivity index (χ1) is 14.1. The van der Waals surface area contributed by atoms with Gasteiger partial charge in [0.1, 0.15) is 28.8 Å². The number of Topliss-reactive ketones (excluding diaryl/α,β-unsaturated/α-hetero) is 1. The Kier molecular flexibility index (Phi) is 6.06. The molecule has 3 atom stereocenters. The molecule has 0 saturated carbocycles. The van der Waals surface area contributed by atoms with E-state index in [1.165, 1.54) is 12.1 Å². The minimum absolute atomic E-state index is 0.00957. The van der Waals surface area contributed by atoms with Crippen LogP contribution in [-0.4, -0.2) is 27.6 Å². The van der Waals surface area contributed by atoms with E-state index in [-0.39, 0.29) is 23.0 Å². The molecule has 1 aliphatic heterocycles. The van der Waals surface area contributed by atoms with Crippen molar-refractivity contribution in [2.24, 2.45) is 11.8 Å². The summed E-state index contributed by atoms with van der Waals surface area (Å²) < 4.78 is 11.1. The monoisotopic (exact) mass is 412 g/mol. The van der Waals surface area contributed by atoms with Crippen LogP contribution in [0.3, 0.4) is 0 Å². The topological polar surface area (TPSA) is 97.0 Å². The fourth-order valence-corrected chi connectivity index (χ4v) is 3.99. The largest absolute Gasteiger partial charge is 0.508 e. The molecule has 6 heteroatoms. The Labute approximate surface area is 176 Å². The molecule has 3 unspecified atom stereocenters. The predicted octanol–water partition coefficient (Wildman–Crippen LogP) is 4.72. The molecule has 1 fully saturated rings. The normalized spacial score (nSPS) is 24.1. The van der Waals surface area contributed by atoms with Crippen LogP contribution in [0.5, 0.6) is 11.5 Å². The number of hydrogen-bond donors (Lipinski definition) is 2. The highest BCUT2D eigenvalue weighted by atomic mass is 16.6. The number of aromatic hydroxyl groups is 2. The van der Waals surface area contributed by atoms with Gasteiger partial charge in [0.15, 0.2) is 5.78 Å². The van der Waals surface area contributed by atoms with E-state index in [4.69, 9.17) is 9.15 Å². The summed E-state index contributed by atoms with van der Waals surface area (Å²) in [5, 5.41) is 19.4. The first-order valence-corrected chi connectivity index (χ1v) is 10.1. The maximum absolute atomic E-state index is 12.9. The number of benzene rings is 1. The van der Waals surface area contributed by atoms with Gasteiger partial charge in [0.25, 0.3) is 0 Å². The van der Waals surface area contributed by atoms with Crippen LogP contribution in [0.4, 0.5) is 0 Å². The zero-order chi connectivity index (χ0) is 22.1. The summed E-state index contributed by atoms with van der Waals surface area (Å²) in [6.07, 6.45) is 5.84. The number of phenolic OH excluding ortho intramolecular Hbond substituents is 2. The van der Waals surface area contributed by atoms with E-state index in [0.29, 0.717) is 12.8 Å². The Bertz CT molecular complexity index is 985. The maximum atomic E-state index is 12.9. The third-order valence-corrected chi connectivity index (χ3v) is 5.95. The summed E-state index contributed by atoms with van der Waals surface area (Å²) in [6, 6.07) is 5.73. The van der Waals surface area contributed by atoms with Gasteiger partial charge in [-0.1, -0.05) is 18.6 Å². The number of aryl methyl sites for hydroxylation is 1. The van der Waals surface area contributed by atoms with Crippen LogP contribution in [0.1, 0.15) is 55.3 Å². The lowest BCUT2D eigenvalue weighted by Gasteiger charge is -2.27. The van der Waals surface area contributed by atoms with Crippen molar-refractivity contribution < 1.29 is 29.0 Å². The molecule has 0 spiro atoms. The van der Waals surface area contributed by atoms with Gasteiger partial charge in [0.05, 0.1) is 11.8 Å². The standard InChI is InChI=1S/C24H28O6/c1-14(10-18-11-15(2)13-29-18)6-5-9-24(4)16(3)21(23(28)30-24)22(27)19-8-7-17(25)12-20(19)26/h6-8,11-13,16,21,25-26H,5,9-10H2,1-4H3. The van der Waals surface area contributed by atoms with Gasteiger partial charge in [-0.15, -0.1) is 0 Å². The second-order valence-corrected chi connectivity index (χ2v) is 8.42. The number of esters is 1. The second-order valence-electron chi connectivity index (χ2n) is 8.42. The molecule has 2 aromatic rings. The lowest BCUT2D eigenvalue weighted by molar-refractivity contribution is -0.149. The minimum atomic E-state index is -0.985. The number of rotatable bonds is 7. The number of hydrogen-bond acceptors (Lipinski definition) is 6. The Balaban J connectivity index is 1.67. The molecule has 160 valence electrons. The van der Waals surface area contributed by atoms with E-state index in [9.17, 15) is 19.8 Å². The number of furan rings is 1. The first-order valence-electron chi connectivity index (χ1n) is 10.1. The number of ether oxygens (including phenoxy) is 1. The number of allylic oxidation sites excluding steroid dienone is 2. The molecule has 0 aliphatic carbocycles. The summed E-state index contributed by atoms with van der Waals surface area (Å²) in [5.41, 5.74) is 1.48. The average molecular weight is 412 g/mol. The summed E-state index contributed by atoms with van der Waals surface area (Å²) >= 11 is 0. The van der Waals surface area contributed by atoms with Crippen LogP contribution in [0.25, 0.3) is 0 Å². The molecule has 0 bridgehead atoms. The number of carbonyl (C=O) groups is 2. The summed E-state index contributed by atoms with van der Waals surface area (Å²) in [7, 11) is 0. The van der Waals surface area contributed by atoms with Crippen molar-refractivity contribution in [3.63, 3.8) is 0 Å². The van der Waals surface area contributed by atoms with Crippen molar-refractivity contribution in [2.75, 3.05) is 0 Å². The maximum Gasteiger partial charge on any atom is 0.317 e. The van der Waals surface area contributed by atoms with Crippen LogP contribution in [-0.2, 0) is 16.0 Å². The lowest BCUT2D eigenvalue weighted by Crippen LogP contribution is -2.33. The van der Waals surface area contributed by atoms with Crippen molar-refractivity contribution in [2.45, 2.75) is 52.6 Å². The Morgan fingerprint density at radius 2 is 2.00 bits per heavy atom. The molecule has 3 rings (SSSR count). The summed E-state index contributed by atoms with van der Waals surface area (Å²) in [5.74, 6) is -1.99. The van der Waals surface area contributed by atoms with Gasteiger partial charge >= 0.3 is 5.97 Å². The van der Waals surface area contributed by atoms with Gasteiger partial charge in [-0.2, -0.15) is 0 Å². The molecule has 0 radical (unpaired) electrons. The van der Waals surface area contributed by atoms with E-state index in [2.05, 4.69) is 6.08 Å². The highest BCUT2D eigenvalue weighted by Crippen LogP contribution is 2.42. The van der Waals surface area contributed by atoms with Crippen molar-refractivity contribution in [1.29, 1.82) is 0 Å². The van der Waals surface area contributed by atoms with Crippen LogP contribution in [0.2, 0.25) is 0 Å². The highest BCUT2D eigenvalue weighted by molar-refractivity contribution is 6.11. The van der Waals surface area contributed by atoms with Gasteiger partial charge < -0.3 is 19.4 Å². The number of phenols is 2. The van der Waals surface area contributed by atoms with E-state index in [1.54, 1.807) is 6.26 Å². The number of ketones is 1. The molecule has 0 amide bonds. The average Bonchev–Trinajstić information content (AvgIpc) is 3.15. The highest BCUT2D eigenvalue weighted by Gasteiger charge is 2.53. The summed E-state index contributed by atoms with van der Waals surface area (Å²) in [4.78, 5) is 25.4. The van der Waals surface area contributed by atoms with Crippen molar-refractivity contribution in [3.05, 3.63) is 59.1 Å². The SMILES string of the molecule is CC(=CCCC1(C)OC(=O)C(C(=O)c2ccc(O)cc2O)C1C)Cc1cc(C)co1. The van der Waals surface area contributed by atoms with Crippen molar-refractivity contribution in [3.8, 4) is 11.5 Å². The fraction of sp³-hybridized carbons (Fsp3) is 0.417. The zero-order valence-electron chi connectivity index (χ0n) is 17.8. The van der Waals surface area contributed by atoms with Gasteiger partial charge in [0.2, 0.25) is 0 Å². The molecule has 1 aliphatic rings. The third-order valence-electron chi connectivity index (χ3n) is 5.95. The van der Waals surface area contributed by atoms with Crippen LogP contribution < -0.4 is 0 Å². The van der Waals surface area contributed by atoms with Crippen molar-refractivity contribution >= 4 is 11.8 Å². The predicted molar refractivity (Wildman–Crippen MR) is 111 cm³/mol. The molecule has 2 heterocycles. The van der Waals surface area contributed by atoms with E-state index >= 15 is 0 Å². The molecule has 1 aromatic carbocycles. The van der Waals surface area contributed by atoms with Gasteiger partial charge in [-0.05, 0) is 57.4 Å². The third kappa shape index (κ3) is 4.42. The Morgan fingerprint density at radius 3 is 2.63 bits per heavy atom. The van der Waals surface area contributed by atoms with Crippen molar-refractivity contribution in [1.82, 2.24) is 0 Å². The van der Waals surface area contributed by atoms with Crippen LogP contribution in [0, 0.1) is 18.8 Å². The first kappa shape index (κ1) is 21.7. The van der Waals surface area contributed by atoms with Gasteiger partial charge in [-0.25, -0.2) is 0 Å². The molecule has 6 nitrogen and oxygen atoms in total. The lowest BCUT2D eigenvalue weighted by atomic mass is 9.77. The van der Waals surface area contributed by atoms with Crippen LogP contribution >= 0.6 is 0 Å². The molecular formula is C24H28O6. The molecule has 1 saturated heterocycles. The number of carbonyl (C=O) groups excluding carboxylic acids is 2. The van der Waals surface area contributed by atoms with E-state index in [0.717, 1.165) is 29.4 Å². The Morgan fingerprint density at radius 1 is 1.27 bits per heavy atom. The van der Waals surface area contributed by atoms with Gasteiger partial charge in [-0.3, -0.25) is 9.59 Å². The molecule has 30 heavy (non-hydrogen) atoms. The second kappa shape index (κ2) is 8.38. The molecular weight excluding hydrogens is 384 g/mol. The van der Waals surface area contributed by atoms with Crippen LogP contribution in [0.15, 0.2) is 46.6 Å². The quantitative estimate of drug-likeness (QED) is 0.296. The van der Waals surface area contributed by atoms with E-state index < -0.39 is 23.3 Å². The molecule has 2 N–H and O–H groups in total. The fourth-order valence-electron chi connectivity index (χ4n) is 3.99. The Hall–Kier alpha value is -3.02. The van der Waals surface area contributed by atoms with E-state index in [1.807, 2.05) is 33.8 Å². The minimum Gasteiger partial charge on any atom is -0.508 e. The summed E-state index contributed by atoms with van der Waals surface area (Å²) in [6.45, 7) is 7.69.